The molecule has 3 amide bonds. The Kier molecular flexibility index (Phi) is 9.33. The Morgan fingerprint density at radius 3 is 2.39 bits per heavy atom. The predicted molar refractivity (Wildman–Crippen MR) is 142 cm³/mol. The smallest absolute Gasteiger partial charge is 0.242 e. The Hall–Kier alpha value is -3.46. The maximum absolute atomic E-state index is 13.4. The number of hydrogen-bond donors (Lipinski definition) is 4. The van der Waals surface area contributed by atoms with Gasteiger partial charge in [-0.2, -0.15) is 0 Å². The molecule has 0 unspecified atom stereocenters. The molecular weight excluding hydrogens is 487 g/mol. The zero-order valence-corrected chi connectivity index (χ0v) is 22.0. The molecule has 4 atom stereocenters. The molecule has 0 spiro atoms. The van der Waals surface area contributed by atoms with E-state index < -0.39 is 24.0 Å². The Morgan fingerprint density at radius 1 is 0.921 bits per heavy atom. The number of halogens is 1. The van der Waals surface area contributed by atoms with Crippen molar-refractivity contribution in [3.8, 4) is 5.75 Å². The van der Waals surface area contributed by atoms with Gasteiger partial charge < -0.3 is 26.0 Å². The second-order valence-electron chi connectivity index (χ2n) is 10.3. The fourth-order valence-corrected chi connectivity index (χ4v) is 4.62. The van der Waals surface area contributed by atoms with Gasteiger partial charge in [0.2, 0.25) is 17.7 Å². The highest BCUT2D eigenvalue weighted by Gasteiger charge is 2.37. The van der Waals surface area contributed by atoms with Crippen molar-refractivity contribution in [3.05, 3.63) is 65.5 Å². The van der Waals surface area contributed by atoms with Gasteiger partial charge in [-0.15, -0.1) is 0 Å². The lowest BCUT2D eigenvalue weighted by molar-refractivity contribution is -0.132. The van der Waals surface area contributed by atoms with Crippen molar-refractivity contribution in [2.75, 3.05) is 13.1 Å². The molecule has 8 nitrogen and oxygen atoms in total. The molecule has 1 aliphatic heterocycles. The van der Waals surface area contributed by atoms with Crippen LogP contribution in [0.25, 0.3) is 0 Å². The van der Waals surface area contributed by atoms with Gasteiger partial charge in [-0.25, -0.2) is 4.39 Å². The van der Waals surface area contributed by atoms with Crippen LogP contribution >= 0.6 is 0 Å². The first-order valence-corrected chi connectivity index (χ1v) is 13.4. The third-order valence-corrected chi connectivity index (χ3v) is 6.96. The number of nitrogens with one attached hydrogen (secondary N) is 4. The third kappa shape index (κ3) is 7.77. The molecule has 38 heavy (non-hydrogen) atoms. The van der Waals surface area contributed by atoms with Gasteiger partial charge in [-0.05, 0) is 74.8 Å². The minimum Gasteiger partial charge on any atom is -0.489 e. The molecule has 2 aliphatic rings. The standard InChI is InChI=1S/C29H37FN4O4/c1-18-17-32-26(22-11-12-22)29(37)33-19(2)27(35)34-24(16-20-9-13-23(30)14-10-20)28(36)31-15-5-7-21-6-3-4-8-25(21)38-18/h3-4,6,8-10,13-14,18-19,22,24,26,32H,5,7,11-12,15-17H2,1-2H3,(H,31,36)(H,33,37)(H,34,35)/t18-,19+,24+,26-/m0/s1. The molecule has 0 radical (unpaired) electrons. The van der Waals surface area contributed by atoms with Gasteiger partial charge in [0.1, 0.15) is 29.8 Å². The van der Waals surface area contributed by atoms with Crippen molar-refractivity contribution in [1.29, 1.82) is 0 Å². The number of carbonyl (C=O) groups is 3. The fraction of sp³-hybridized carbons (Fsp3) is 0.483. The summed E-state index contributed by atoms with van der Waals surface area (Å²) in [5, 5.41) is 11.9. The number of amides is 3. The summed E-state index contributed by atoms with van der Waals surface area (Å²) in [7, 11) is 0. The molecule has 2 aromatic rings. The summed E-state index contributed by atoms with van der Waals surface area (Å²) in [6.45, 7) is 4.46. The number of fused-ring (bicyclic) bond motifs is 1. The predicted octanol–water partition coefficient (Wildman–Crippen LogP) is 2.26. The summed E-state index contributed by atoms with van der Waals surface area (Å²) >= 11 is 0. The minimum atomic E-state index is -0.875. The van der Waals surface area contributed by atoms with E-state index in [0.717, 1.165) is 24.2 Å². The number of para-hydroxylation sites is 1. The van der Waals surface area contributed by atoms with Crippen molar-refractivity contribution in [2.24, 2.45) is 5.92 Å². The molecule has 1 heterocycles. The monoisotopic (exact) mass is 524 g/mol. The Balaban J connectivity index is 1.53. The van der Waals surface area contributed by atoms with Gasteiger partial charge in [0, 0.05) is 19.5 Å². The van der Waals surface area contributed by atoms with Gasteiger partial charge in [0.15, 0.2) is 0 Å². The number of ether oxygens (including phenoxy) is 1. The van der Waals surface area contributed by atoms with Crippen LogP contribution in [0.1, 0.15) is 44.2 Å². The highest BCUT2D eigenvalue weighted by Crippen LogP contribution is 2.33. The van der Waals surface area contributed by atoms with E-state index in [-0.39, 0.29) is 36.1 Å². The molecule has 4 rings (SSSR count). The van der Waals surface area contributed by atoms with Crippen LogP contribution in [0.4, 0.5) is 4.39 Å². The van der Waals surface area contributed by atoms with E-state index in [2.05, 4.69) is 21.3 Å². The van der Waals surface area contributed by atoms with Gasteiger partial charge in [0.05, 0.1) is 6.04 Å². The summed E-state index contributed by atoms with van der Waals surface area (Å²) in [6, 6.07) is 11.5. The second-order valence-corrected chi connectivity index (χ2v) is 10.3. The summed E-state index contributed by atoms with van der Waals surface area (Å²) in [4.78, 5) is 39.2. The Bertz CT molecular complexity index is 1120. The third-order valence-electron chi connectivity index (χ3n) is 6.96. The molecule has 9 heteroatoms. The summed E-state index contributed by atoms with van der Waals surface area (Å²) in [5.74, 6) is -0.409. The van der Waals surface area contributed by atoms with E-state index in [1.54, 1.807) is 19.1 Å². The van der Waals surface area contributed by atoms with Crippen LogP contribution in [-0.2, 0) is 27.2 Å². The van der Waals surface area contributed by atoms with E-state index in [1.807, 2.05) is 31.2 Å². The maximum atomic E-state index is 13.4. The average molecular weight is 525 g/mol. The van der Waals surface area contributed by atoms with E-state index in [0.29, 0.717) is 31.5 Å². The highest BCUT2D eigenvalue weighted by atomic mass is 19.1. The van der Waals surface area contributed by atoms with Crippen molar-refractivity contribution >= 4 is 17.7 Å². The number of aryl methyl sites for hydroxylation is 1. The molecule has 0 bridgehead atoms. The van der Waals surface area contributed by atoms with Crippen molar-refractivity contribution in [1.82, 2.24) is 21.3 Å². The first-order valence-electron chi connectivity index (χ1n) is 13.4. The largest absolute Gasteiger partial charge is 0.489 e. The molecule has 204 valence electrons. The van der Waals surface area contributed by atoms with Gasteiger partial charge in [-0.3, -0.25) is 14.4 Å². The van der Waals surface area contributed by atoms with Crippen LogP contribution < -0.4 is 26.0 Å². The SMILES string of the molecule is C[C@H]1CN[C@@H](C2CC2)C(=O)N[C@H](C)C(=O)N[C@H](Cc2ccc(F)cc2)C(=O)NCCCc2ccccc2O1. The summed E-state index contributed by atoms with van der Waals surface area (Å²) in [6.07, 6.45) is 3.31. The van der Waals surface area contributed by atoms with Gasteiger partial charge in [0.25, 0.3) is 0 Å². The summed E-state index contributed by atoms with van der Waals surface area (Å²) in [5.41, 5.74) is 1.75. The second kappa shape index (κ2) is 12.9. The van der Waals surface area contributed by atoms with Crippen molar-refractivity contribution in [2.45, 2.75) is 70.2 Å². The normalized spacial score (nSPS) is 26.0. The van der Waals surface area contributed by atoms with Crippen molar-refractivity contribution < 1.29 is 23.5 Å². The van der Waals surface area contributed by atoms with E-state index in [4.69, 9.17) is 4.74 Å². The first-order chi connectivity index (χ1) is 18.3. The molecule has 4 N–H and O–H groups in total. The fourth-order valence-electron chi connectivity index (χ4n) is 4.62. The molecule has 1 saturated carbocycles. The van der Waals surface area contributed by atoms with E-state index in [1.165, 1.54) is 12.1 Å². The van der Waals surface area contributed by atoms with Crippen LogP contribution in [0, 0.1) is 11.7 Å². The molecule has 1 fully saturated rings. The molecule has 0 aromatic heterocycles. The zero-order valence-electron chi connectivity index (χ0n) is 22.0. The quantitative estimate of drug-likeness (QED) is 0.493. The number of rotatable bonds is 3. The molecule has 1 aliphatic carbocycles. The van der Waals surface area contributed by atoms with Crippen molar-refractivity contribution in [3.63, 3.8) is 0 Å². The van der Waals surface area contributed by atoms with E-state index >= 15 is 0 Å². The lowest BCUT2D eigenvalue weighted by Gasteiger charge is -2.25. The topological polar surface area (TPSA) is 109 Å². The van der Waals surface area contributed by atoms with Crippen LogP contribution in [0.15, 0.2) is 48.5 Å². The molecule has 0 saturated heterocycles. The van der Waals surface area contributed by atoms with Crippen LogP contribution in [0.3, 0.4) is 0 Å². The number of hydrogen-bond acceptors (Lipinski definition) is 5. The lowest BCUT2D eigenvalue weighted by Crippen LogP contribution is -2.56. The first kappa shape index (κ1) is 27.6. The highest BCUT2D eigenvalue weighted by molar-refractivity contribution is 5.93. The summed E-state index contributed by atoms with van der Waals surface area (Å²) < 4.78 is 19.6. The van der Waals surface area contributed by atoms with Gasteiger partial charge >= 0.3 is 0 Å². The van der Waals surface area contributed by atoms with Crippen LogP contribution in [0.5, 0.6) is 5.75 Å². The molecule has 2 aromatic carbocycles. The van der Waals surface area contributed by atoms with Crippen LogP contribution in [-0.4, -0.2) is 55.0 Å². The Morgan fingerprint density at radius 2 is 1.66 bits per heavy atom. The maximum Gasteiger partial charge on any atom is 0.242 e. The zero-order chi connectivity index (χ0) is 27.1. The lowest BCUT2D eigenvalue weighted by atomic mass is 10.0. The van der Waals surface area contributed by atoms with E-state index in [9.17, 15) is 18.8 Å². The molecular formula is C29H37FN4O4. The van der Waals surface area contributed by atoms with Crippen LogP contribution in [0.2, 0.25) is 0 Å². The van der Waals surface area contributed by atoms with Gasteiger partial charge in [-0.1, -0.05) is 30.3 Å². The number of carbonyl (C=O) groups excluding carboxylic acids is 3. The number of benzene rings is 2. The Labute approximate surface area is 223 Å². The minimum absolute atomic E-state index is 0.170. The average Bonchev–Trinajstić information content (AvgIpc) is 3.73.